The second kappa shape index (κ2) is 7.35. The van der Waals surface area contributed by atoms with Gasteiger partial charge in [0.25, 0.3) is 5.69 Å². The molecule has 1 saturated heterocycles. The normalized spacial score (nSPS) is 16.6. The lowest BCUT2D eigenvalue weighted by atomic mass is 10.1. The Bertz CT molecular complexity index is 830. The van der Waals surface area contributed by atoms with Crippen LogP contribution in [0.4, 0.5) is 11.4 Å². The minimum absolute atomic E-state index is 0.0183. The summed E-state index contributed by atoms with van der Waals surface area (Å²) < 4.78 is 5.28. The van der Waals surface area contributed by atoms with Gasteiger partial charge < -0.3 is 9.64 Å². The third-order valence-corrected chi connectivity index (χ3v) is 4.33. The van der Waals surface area contributed by atoms with Crippen LogP contribution in [0.25, 0.3) is 0 Å². The number of rotatable bonds is 5. The van der Waals surface area contributed by atoms with E-state index in [1.165, 1.54) is 12.1 Å². The molecule has 1 fully saturated rings. The van der Waals surface area contributed by atoms with Gasteiger partial charge in [-0.3, -0.25) is 19.7 Å². The minimum Gasteiger partial charge on any atom is -0.461 e. The van der Waals surface area contributed by atoms with Crippen molar-refractivity contribution < 1.29 is 19.2 Å². The molecule has 0 radical (unpaired) electrons. The van der Waals surface area contributed by atoms with Gasteiger partial charge in [0.1, 0.15) is 6.61 Å². The van der Waals surface area contributed by atoms with E-state index in [1.54, 1.807) is 17.0 Å². The number of aryl methyl sites for hydroxylation is 1. The van der Waals surface area contributed by atoms with Crippen molar-refractivity contribution in [1.82, 2.24) is 0 Å². The Balaban J connectivity index is 1.57. The minimum atomic E-state index is -0.512. The molecule has 2 aromatic rings. The van der Waals surface area contributed by atoms with Crippen LogP contribution in [0, 0.1) is 23.0 Å². The van der Waals surface area contributed by atoms with Gasteiger partial charge in [-0.2, -0.15) is 0 Å². The highest BCUT2D eigenvalue weighted by atomic mass is 16.6. The van der Waals surface area contributed by atoms with Gasteiger partial charge in [0.2, 0.25) is 5.91 Å². The fraction of sp³-hybridized carbons (Fsp3) is 0.263. The Labute approximate surface area is 150 Å². The molecule has 7 heteroatoms. The van der Waals surface area contributed by atoms with Crippen molar-refractivity contribution in [3.8, 4) is 0 Å². The van der Waals surface area contributed by atoms with E-state index in [0.29, 0.717) is 12.1 Å². The molecule has 0 aliphatic carbocycles. The number of hydrogen-bond acceptors (Lipinski definition) is 5. The smallest absolute Gasteiger partial charge is 0.311 e. The molecule has 1 amide bonds. The highest BCUT2D eigenvalue weighted by molar-refractivity contribution is 5.99. The Morgan fingerprint density at radius 2 is 1.85 bits per heavy atom. The van der Waals surface area contributed by atoms with Gasteiger partial charge in [0.15, 0.2) is 0 Å². The first-order chi connectivity index (χ1) is 12.4. The molecule has 1 heterocycles. The molecule has 0 saturated carbocycles. The lowest BCUT2D eigenvalue weighted by molar-refractivity contribution is -0.384. The van der Waals surface area contributed by atoms with Crippen LogP contribution >= 0.6 is 0 Å². The standard InChI is InChI=1S/C19H18N2O5/c1-13-2-6-16(7-3-13)20-11-15(10-18(20)22)19(23)26-12-14-4-8-17(9-5-14)21(24)25/h2-9,15H,10-12H2,1H3/t15-/m1/s1. The van der Waals surface area contributed by atoms with Crippen LogP contribution in [-0.2, 0) is 20.9 Å². The first-order valence-corrected chi connectivity index (χ1v) is 8.21. The number of carbonyl (C=O) groups excluding carboxylic acids is 2. The van der Waals surface area contributed by atoms with Gasteiger partial charge in [-0.05, 0) is 36.8 Å². The van der Waals surface area contributed by atoms with Gasteiger partial charge in [-0.25, -0.2) is 0 Å². The van der Waals surface area contributed by atoms with Gasteiger partial charge in [0, 0.05) is 30.8 Å². The Morgan fingerprint density at radius 1 is 1.19 bits per heavy atom. The van der Waals surface area contributed by atoms with Crippen molar-refractivity contribution in [2.75, 3.05) is 11.4 Å². The average molecular weight is 354 g/mol. The number of benzene rings is 2. The molecule has 7 nitrogen and oxygen atoms in total. The van der Waals surface area contributed by atoms with Gasteiger partial charge in [-0.1, -0.05) is 17.7 Å². The van der Waals surface area contributed by atoms with E-state index < -0.39 is 16.8 Å². The van der Waals surface area contributed by atoms with E-state index in [4.69, 9.17) is 4.74 Å². The number of amides is 1. The molecule has 0 aromatic heterocycles. The Kier molecular flexibility index (Phi) is 4.97. The maximum absolute atomic E-state index is 12.3. The zero-order chi connectivity index (χ0) is 18.7. The van der Waals surface area contributed by atoms with Gasteiger partial charge >= 0.3 is 5.97 Å². The second-order valence-corrected chi connectivity index (χ2v) is 6.27. The van der Waals surface area contributed by atoms with Crippen LogP contribution in [-0.4, -0.2) is 23.3 Å². The zero-order valence-corrected chi connectivity index (χ0v) is 14.3. The second-order valence-electron chi connectivity index (χ2n) is 6.27. The molecule has 0 N–H and O–H groups in total. The van der Waals surface area contributed by atoms with E-state index in [1.807, 2.05) is 31.2 Å². The number of ether oxygens (including phenoxy) is 1. The third kappa shape index (κ3) is 3.88. The monoisotopic (exact) mass is 354 g/mol. The predicted molar refractivity (Wildman–Crippen MR) is 94.5 cm³/mol. The summed E-state index contributed by atoms with van der Waals surface area (Å²) in [5, 5.41) is 10.6. The summed E-state index contributed by atoms with van der Waals surface area (Å²) in [7, 11) is 0. The van der Waals surface area contributed by atoms with E-state index in [9.17, 15) is 19.7 Å². The summed E-state index contributed by atoms with van der Waals surface area (Å²) in [6, 6.07) is 13.4. The maximum Gasteiger partial charge on any atom is 0.311 e. The maximum atomic E-state index is 12.3. The van der Waals surface area contributed by atoms with Crippen LogP contribution in [0.2, 0.25) is 0 Å². The highest BCUT2D eigenvalue weighted by Crippen LogP contribution is 2.26. The van der Waals surface area contributed by atoms with Gasteiger partial charge in [-0.15, -0.1) is 0 Å². The Hall–Kier alpha value is -3.22. The predicted octanol–water partition coefficient (Wildman–Crippen LogP) is 3.00. The molecule has 134 valence electrons. The molecule has 1 aliphatic heterocycles. The van der Waals surface area contributed by atoms with Crippen LogP contribution in [0.15, 0.2) is 48.5 Å². The summed E-state index contributed by atoms with van der Waals surface area (Å²) in [6.07, 6.45) is 0.118. The van der Waals surface area contributed by atoms with Crippen molar-refractivity contribution in [2.45, 2.75) is 20.0 Å². The summed E-state index contributed by atoms with van der Waals surface area (Å²) in [6.45, 7) is 2.28. The molecular formula is C19H18N2O5. The molecule has 0 spiro atoms. The quantitative estimate of drug-likeness (QED) is 0.468. The number of nitro benzene ring substituents is 1. The van der Waals surface area contributed by atoms with Crippen LogP contribution < -0.4 is 4.90 Å². The van der Waals surface area contributed by atoms with Crippen LogP contribution in [0.5, 0.6) is 0 Å². The summed E-state index contributed by atoms with van der Waals surface area (Å²) in [4.78, 5) is 36.2. The highest BCUT2D eigenvalue weighted by Gasteiger charge is 2.36. The fourth-order valence-corrected chi connectivity index (χ4v) is 2.83. The van der Waals surface area contributed by atoms with E-state index in [-0.39, 0.29) is 24.6 Å². The van der Waals surface area contributed by atoms with E-state index in [2.05, 4.69) is 0 Å². The summed E-state index contributed by atoms with van der Waals surface area (Å²) >= 11 is 0. The fourth-order valence-electron chi connectivity index (χ4n) is 2.83. The van der Waals surface area contributed by atoms with Crippen molar-refractivity contribution in [2.24, 2.45) is 5.92 Å². The van der Waals surface area contributed by atoms with E-state index in [0.717, 1.165) is 11.3 Å². The summed E-state index contributed by atoms with van der Waals surface area (Å²) in [5.74, 6) is -1.06. The third-order valence-electron chi connectivity index (χ3n) is 4.33. The molecule has 3 rings (SSSR count). The lowest BCUT2D eigenvalue weighted by Gasteiger charge is -2.16. The van der Waals surface area contributed by atoms with Crippen LogP contribution in [0.3, 0.4) is 0 Å². The largest absolute Gasteiger partial charge is 0.461 e. The van der Waals surface area contributed by atoms with Crippen molar-refractivity contribution in [3.63, 3.8) is 0 Å². The number of nitro groups is 1. The first-order valence-electron chi connectivity index (χ1n) is 8.21. The molecule has 0 bridgehead atoms. The van der Waals surface area contributed by atoms with Crippen molar-refractivity contribution >= 4 is 23.3 Å². The number of nitrogens with zero attached hydrogens (tertiary/aromatic N) is 2. The number of carbonyl (C=O) groups is 2. The number of hydrogen-bond donors (Lipinski definition) is 0. The molecule has 1 atom stereocenters. The van der Waals surface area contributed by atoms with Gasteiger partial charge in [0.05, 0.1) is 10.8 Å². The Morgan fingerprint density at radius 3 is 2.46 bits per heavy atom. The van der Waals surface area contributed by atoms with E-state index >= 15 is 0 Å². The molecule has 26 heavy (non-hydrogen) atoms. The molecule has 2 aromatic carbocycles. The topological polar surface area (TPSA) is 89.8 Å². The molecular weight excluding hydrogens is 336 g/mol. The zero-order valence-electron chi connectivity index (χ0n) is 14.3. The first kappa shape index (κ1) is 17.6. The molecule has 1 aliphatic rings. The average Bonchev–Trinajstić information content (AvgIpc) is 3.02. The van der Waals surface area contributed by atoms with Crippen molar-refractivity contribution in [3.05, 3.63) is 69.8 Å². The molecule has 0 unspecified atom stereocenters. The lowest BCUT2D eigenvalue weighted by Crippen LogP contribution is -2.26. The number of esters is 1. The number of non-ortho nitro benzene ring substituents is 1. The van der Waals surface area contributed by atoms with Crippen LogP contribution in [0.1, 0.15) is 17.5 Å². The summed E-state index contributed by atoms with van der Waals surface area (Å²) in [5.41, 5.74) is 2.50. The van der Waals surface area contributed by atoms with Crippen molar-refractivity contribution in [1.29, 1.82) is 0 Å². The SMILES string of the molecule is Cc1ccc(N2C[C@H](C(=O)OCc3ccc([N+](=O)[O-])cc3)CC2=O)cc1. The number of anilines is 1.